The molecule has 0 radical (unpaired) electrons. The van der Waals surface area contributed by atoms with Crippen LogP contribution in [0.4, 0.5) is 11.4 Å². The molecule has 1 N–H and O–H groups in total. The van der Waals surface area contributed by atoms with E-state index in [-0.39, 0.29) is 18.6 Å². The van der Waals surface area contributed by atoms with Gasteiger partial charge in [-0.3, -0.25) is 4.79 Å². The minimum Gasteiger partial charge on any atom is -0.484 e. The number of benzene rings is 2. The summed E-state index contributed by atoms with van der Waals surface area (Å²) in [5.74, 6) is 0.405. The van der Waals surface area contributed by atoms with Gasteiger partial charge in [0.1, 0.15) is 5.75 Å². The fourth-order valence-corrected chi connectivity index (χ4v) is 3.12. The molecular formula is C20H23ClN2O3. The molecule has 1 atom stereocenters. The van der Waals surface area contributed by atoms with Crippen molar-refractivity contribution in [1.29, 1.82) is 0 Å². The van der Waals surface area contributed by atoms with Crippen LogP contribution in [0.5, 0.6) is 5.75 Å². The number of rotatable bonds is 6. The fourth-order valence-electron chi connectivity index (χ4n) is 3.00. The van der Waals surface area contributed by atoms with Gasteiger partial charge >= 0.3 is 0 Å². The molecule has 0 spiro atoms. The quantitative estimate of drug-likeness (QED) is 0.831. The van der Waals surface area contributed by atoms with Crippen LogP contribution in [0, 0.1) is 0 Å². The molecule has 0 saturated carbocycles. The molecule has 2 aromatic carbocycles. The van der Waals surface area contributed by atoms with E-state index in [9.17, 15) is 4.79 Å². The molecule has 1 fully saturated rings. The zero-order valence-electron chi connectivity index (χ0n) is 14.8. The number of halogens is 1. The maximum Gasteiger partial charge on any atom is 0.262 e. The third kappa shape index (κ3) is 5.13. The summed E-state index contributed by atoms with van der Waals surface area (Å²) in [5.41, 5.74) is 1.89. The van der Waals surface area contributed by atoms with E-state index in [1.54, 1.807) is 31.4 Å². The fraction of sp³-hybridized carbons (Fsp3) is 0.350. The summed E-state index contributed by atoms with van der Waals surface area (Å²) in [7, 11) is 1.76. The Labute approximate surface area is 158 Å². The number of piperidine rings is 1. The maximum atomic E-state index is 12.0. The molecular weight excluding hydrogens is 352 g/mol. The van der Waals surface area contributed by atoms with E-state index in [4.69, 9.17) is 21.1 Å². The van der Waals surface area contributed by atoms with Crippen LogP contribution in [-0.4, -0.2) is 38.8 Å². The first-order valence-electron chi connectivity index (χ1n) is 8.70. The van der Waals surface area contributed by atoms with Crippen LogP contribution in [0.2, 0.25) is 5.02 Å². The Hall–Kier alpha value is -2.24. The van der Waals surface area contributed by atoms with Crippen molar-refractivity contribution in [2.45, 2.75) is 18.9 Å². The molecule has 1 aliphatic heterocycles. The first-order valence-corrected chi connectivity index (χ1v) is 9.08. The summed E-state index contributed by atoms with van der Waals surface area (Å²) in [6.45, 7) is 1.88. The Kier molecular flexibility index (Phi) is 6.36. The Morgan fingerprint density at radius 2 is 1.92 bits per heavy atom. The molecule has 6 heteroatoms. The highest BCUT2D eigenvalue weighted by Gasteiger charge is 2.19. The van der Waals surface area contributed by atoms with Gasteiger partial charge in [0.15, 0.2) is 6.61 Å². The van der Waals surface area contributed by atoms with Crippen LogP contribution >= 0.6 is 11.6 Å². The largest absolute Gasteiger partial charge is 0.484 e. The predicted molar refractivity (Wildman–Crippen MR) is 104 cm³/mol. The van der Waals surface area contributed by atoms with Crippen molar-refractivity contribution in [3.05, 3.63) is 53.6 Å². The van der Waals surface area contributed by atoms with Crippen LogP contribution in [0.1, 0.15) is 12.8 Å². The van der Waals surface area contributed by atoms with E-state index in [1.165, 1.54) is 0 Å². The molecule has 2 aromatic rings. The minimum absolute atomic E-state index is 0.0506. The van der Waals surface area contributed by atoms with E-state index in [0.717, 1.165) is 37.3 Å². The van der Waals surface area contributed by atoms with Crippen molar-refractivity contribution < 1.29 is 14.3 Å². The normalized spacial score (nSPS) is 17.0. The van der Waals surface area contributed by atoms with Gasteiger partial charge in [-0.15, -0.1) is 0 Å². The van der Waals surface area contributed by atoms with Crippen molar-refractivity contribution in [2.24, 2.45) is 0 Å². The number of anilines is 2. The lowest BCUT2D eigenvalue weighted by Gasteiger charge is -2.33. The number of ether oxygens (including phenoxy) is 2. The molecule has 1 aliphatic rings. The van der Waals surface area contributed by atoms with E-state index in [1.807, 2.05) is 24.3 Å². The second kappa shape index (κ2) is 8.92. The number of carbonyl (C=O) groups excluding carboxylic acids is 1. The highest BCUT2D eigenvalue weighted by atomic mass is 35.5. The van der Waals surface area contributed by atoms with E-state index < -0.39 is 0 Å². The van der Waals surface area contributed by atoms with Crippen molar-refractivity contribution >= 4 is 28.9 Å². The predicted octanol–water partition coefficient (Wildman–Crippen LogP) is 3.97. The van der Waals surface area contributed by atoms with Gasteiger partial charge in [0, 0.05) is 36.6 Å². The van der Waals surface area contributed by atoms with Crippen LogP contribution in [-0.2, 0) is 9.53 Å². The Balaban J connectivity index is 1.50. The van der Waals surface area contributed by atoms with Gasteiger partial charge in [0.25, 0.3) is 5.91 Å². The summed E-state index contributed by atoms with van der Waals surface area (Å²) >= 11 is 5.82. The monoisotopic (exact) mass is 374 g/mol. The van der Waals surface area contributed by atoms with E-state index >= 15 is 0 Å². The molecule has 1 saturated heterocycles. The average Bonchev–Trinajstić information content (AvgIpc) is 2.68. The molecule has 1 heterocycles. The molecule has 0 aromatic heterocycles. The highest BCUT2D eigenvalue weighted by Crippen LogP contribution is 2.23. The molecule has 26 heavy (non-hydrogen) atoms. The summed E-state index contributed by atoms with van der Waals surface area (Å²) in [5, 5.41) is 3.47. The molecule has 1 amide bonds. The summed E-state index contributed by atoms with van der Waals surface area (Å²) < 4.78 is 10.9. The molecule has 138 valence electrons. The van der Waals surface area contributed by atoms with Gasteiger partial charge in [-0.25, -0.2) is 0 Å². The molecule has 0 bridgehead atoms. The number of methoxy groups -OCH3 is 1. The lowest BCUT2D eigenvalue weighted by molar-refractivity contribution is -0.118. The molecule has 0 unspecified atom stereocenters. The van der Waals surface area contributed by atoms with E-state index in [0.29, 0.717) is 10.8 Å². The van der Waals surface area contributed by atoms with Gasteiger partial charge in [0.2, 0.25) is 0 Å². The number of nitrogens with one attached hydrogen (secondary N) is 1. The Morgan fingerprint density at radius 1 is 1.19 bits per heavy atom. The first-order chi connectivity index (χ1) is 12.6. The third-order valence-corrected chi connectivity index (χ3v) is 4.66. The third-order valence-electron chi connectivity index (χ3n) is 4.41. The molecule has 3 rings (SSSR count). The molecule has 5 nitrogen and oxygen atoms in total. The SMILES string of the molecule is CO[C@@H]1CCCN(c2ccc(NC(=O)COc3ccc(Cl)cc3)cc2)C1. The number of nitrogens with zero attached hydrogens (tertiary/aromatic N) is 1. The van der Waals surface area contributed by atoms with Crippen LogP contribution in [0.25, 0.3) is 0 Å². The van der Waals surface area contributed by atoms with Gasteiger partial charge in [-0.2, -0.15) is 0 Å². The van der Waals surface area contributed by atoms with E-state index in [2.05, 4.69) is 10.2 Å². The van der Waals surface area contributed by atoms with Gasteiger partial charge in [-0.1, -0.05) is 11.6 Å². The second-order valence-electron chi connectivity index (χ2n) is 6.28. The number of amides is 1. The zero-order valence-corrected chi connectivity index (χ0v) is 15.5. The van der Waals surface area contributed by atoms with Crippen LogP contribution in [0.3, 0.4) is 0 Å². The Morgan fingerprint density at radius 3 is 2.62 bits per heavy atom. The maximum absolute atomic E-state index is 12.0. The lowest BCUT2D eigenvalue weighted by atomic mass is 10.1. The number of hydrogen-bond acceptors (Lipinski definition) is 4. The zero-order chi connectivity index (χ0) is 18.4. The second-order valence-corrected chi connectivity index (χ2v) is 6.72. The lowest BCUT2D eigenvalue weighted by Crippen LogP contribution is -2.39. The van der Waals surface area contributed by atoms with Gasteiger partial charge < -0.3 is 19.7 Å². The van der Waals surface area contributed by atoms with Crippen molar-refractivity contribution in [3.8, 4) is 5.75 Å². The summed E-state index contributed by atoms with van der Waals surface area (Å²) in [6.07, 6.45) is 2.52. The van der Waals surface area contributed by atoms with Crippen LogP contribution in [0.15, 0.2) is 48.5 Å². The number of carbonyl (C=O) groups is 1. The smallest absolute Gasteiger partial charge is 0.262 e. The van der Waals surface area contributed by atoms with Gasteiger partial charge in [-0.05, 0) is 61.4 Å². The van der Waals surface area contributed by atoms with Crippen molar-refractivity contribution in [1.82, 2.24) is 0 Å². The van der Waals surface area contributed by atoms with Crippen molar-refractivity contribution in [2.75, 3.05) is 37.0 Å². The Bertz CT molecular complexity index is 719. The van der Waals surface area contributed by atoms with Crippen molar-refractivity contribution in [3.63, 3.8) is 0 Å². The first kappa shape index (κ1) is 18.5. The molecule has 0 aliphatic carbocycles. The highest BCUT2D eigenvalue weighted by molar-refractivity contribution is 6.30. The summed E-state index contributed by atoms with van der Waals surface area (Å²) in [4.78, 5) is 14.3. The summed E-state index contributed by atoms with van der Waals surface area (Å²) in [6, 6.07) is 14.8. The number of hydrogen-bond donors (Lipinski definition) is 1. The minimum atomic E-state index is -0.204. The van der Waals surface area contributed by atoms with Gasteiger partial charge in [0.05, 0.1) is 6.10 Å². The topological polar surface area (TPSA) is 50.8 Å². The van der Waals surface area contributed by atoms with Crippen LogP contribution < -0.4 is 15.0 Å². The average molecular weight is 375 g/mol. The standard InChI is InChI=1S/C20H23ClN2O3/c1-25-19-3-2-12-23(13-19)17-8-6-16(7-9-17)22-20(24)14-26-18-10-4-15(21)5-11-18/h4-11,19H,2-3,12-14H2,1H3,(H,22,24)/t19-/m1/s1.